The zero-order valence-electron chi connectivity index (χ0n) is 10.1. The molecule has 1 N–H and O–H groups in total. The van der Waals surface area contributed by atoms with Crippen molar-refractivity contribution in [2.75, 3.05) is 0 Å². The van der Waals surface area contributed by atoms with Gasteiger partial charge >= 0.3 is 0 Å². The van der Waals surface area contributed by atoms with Gasteiger partial charge in [-0.3, -0.25) is 0 Å². The number of hydrogen-bond donors (Lipinski definition) is 1. The molecule has 0 radical (unpaired) electrons. The quantitative estimate of drug-likeness (QED) is 0.696. The summed E-state index contributed by atoms with van der Waals surface area (Å²) in [6, 6.07) is 4.25. The molecule has 0 saturated heterocycles. The second-order valence-corrected chi connectivity index (χ2v) is 5.24. The summed E-state index contributed by atoms with van der Waals surface area (Å²) in [5.74, 6) is 1.06. The van der Waals surface area contributed by atoms with E-state index in [1.807, 2.05) is 0 Å². The van der Waals surface area contributed by atoms with Crippen molar-refractivity contribution in [1.29, 1.82) is 0 Å². The Morgan fingerprint density at radius 1 is 1.13 bits per heavy atom. The molecule has 0 amide bonds. The van der Waals surface area contributed by atoms with Gasteiger partial charge in [0.1, 0.15) is 5.82 Å². The highest BCUT2D eigenvalue weighted by molar-refractivity contribution is 5.80. The summed E-state index contributed by atoms with van der Waals surface area (Å²) >= 11 is 0. The molecule has 0 fully saturated rings. The highest BCUT2D eigenvalue weighted by Crippen LogP contribution is 2.25. The Labute approximate surface area is 90.7 Å². The molecule has 1 heterocycles. The number of benzene rings is 1. The molecule has 1 aromatic carbocycles. The predicted octanol–water partition coefficient (Wildman–Crippen LogP) is 3.48. The van der Waals surface area contributed by atoms with Crippen LogP contribution in [0.1, 0.15) is 37.7 Å². The van der Waals surface area contributed by atoms with Crippen LogP contribution in [-0.4, -0.2) is 9.97 Å². The molecule has 2 rings (SSSR count). The third-order valence-corrected chi connectivity index (χ3v) is 2.89. The van der Waals surface area contributed by atoms with Crippen LogP contribution in [0.5, 0.6) is 0 Å². The molecule has 2 nitrogen and oxygen atoms in total. The molecule has 0 aliphatic heterocycles. The van der Waals surface area contributed by atoms with E-state index >= 15 is 0 Å². The van der Waals surface area contributed by atoms with Crippen LogP contribution in [0.25, 0.3) is 11.0 Å². The van der Waals surface area contributed by atoms with Crippen molar-refractivity contribution >= 4 is 11.0 Å². The summed E-state index contributed by atoms with van der Waals surface area (Å²) in [5.41, 5.74) is 4.91. The van der Waals surface area contributed by atoms with Crippen LogP contribution in [0.15, 0.2) is 12.1 Å². The maximum atomic E-state index is 4.69. The molecule has 0 aliphatic carbocycles. The lowest BCUT2D eigenvalue weighted by Crippen LogP contribution is -2.12. The number of nitrogens with zero attached hydrogens (tertiary/aromatic N) is 1. The zero-order chi connectivity index (χ0) is 11.2. The van der Waals surface area contributed by atoms with Gasteiger partial charge < -0.3 is 4.98 Å². The molecule has 0 aliphatic rings. The average Bonchev–Trinajstić information content (AvgIpc) is 2.55. The van der Waals surface area contributed by atoms with Gasteiger partial charge in [0.2, 0.25) is 0 Å². The van der Waals surface area contributed by atoms with Crippen molar-refractivity contribution in [3.05, 3.63) is 29.1 Å². The van der Waals surface area contributed by atoms with Crippen LogP contribution < -0.4 is 0 Å². The Kier molecular flexibility index (Phi) is 2.10. The number of nitrogens with one attached hydrogen (secondary N) is 1. The van der Waals surface area contributed by atoms with Crippen molar-refractivity contribution in [2.24, 2.45) is 0 Å². The van der Waals surface area contributed by atoms with Crippen LogP contribution in [0.4, 0.5) is 0 Å². The summed E-state index contributed by atoms with van der Waals surface area (Å²) in [7, 11) is 0. The molecule has 2 aromatic rings. The molecule has 0 bridgehead atoms. The molecule has 0 saturated carbocycles. The minimum atomic E-state index is 0.0827. The van der Waals surface area contributed by atoms with Gasteiger partial charge in [-0.15, -0.1) is 0 Å². The van der Waals surface area contributed by atoms with Crippen LogP contribution in [0.2, 0.25) is 0 Å². The first-order chi connectivity index (χ1) is 6.89. The fourth-order valence-corrected chi connectivity index (χ4v) is 1.67. The third-order valence-electron chi connectivity index (χ3n) is 2.89. The number of H-pyrrole nitrogens is 1. The molecule has 2 heteroatoms. The van der Waals surface area contributed by atoms with Crippen LogP contribution in [-0.2, 0) is 5.41 Å². The zero-order valence-corrected chi connectivity index (χ0v) is 10.1. The van der Waals surface area contributed by atoms with E-state index in [4.69, 9.17) is 0 Å². The van der Waals surface area contributed by atoms with Gasteiger partial charge in [0.25, 0.3) is 0 Å². The number of aryl methyl sites for hydroxylation is 2. The van der Waals surface area contributed by atoms with E-state index in [2.05, 4.69) is 56.7 Å². The van der Waals surface area contributed by atoms with E-state index in [0.29, 0.717) is 0 Å². The Balaban J connectivity index is 2.72. The molecular weight excluding hydrogens is 184 g/mol. The van der Waals surface area contributed by atoms with Gasteiger partial charge in [0.15, 0.2) is 0 Å². The maximum absolute atomic E-state index is 4.69. The van der Waals surface area contributed by atoms with Crippen LogP contribution in [0.3, 0.4) is 0 Å². The topological polar surface area (TPSA) is 28.7 Å². The van der Waals surface area contributed by atoms with Gasteiger partial charge in [-0.05, 0) is 31.0 Å². The number of aromatic nitrogens is 2. The van der Waals surface area contributed by atoms with E-state index in [0.717, 1.165) is 16.9 Å². The molecule has 0 atom stereocenters. The minimum absolute atomic E-state index is 0.0827. The lowest BCUT2D eigenvalue weighted by Gasteiger charge is -2.13. The number of aromatic amines is 1. The predicted molar refractivity (Wildman–Crippen MR) is 64.3 cm³/mol. The van der Waals surface area contributed by atoms with Gasteiger partial charge in [-0.2, -0.15) is 0 Å². The summed E-state index contributed by atoms with van der Waals surface area (Å²) < 4.78 is 0. The van der Waals surface area contributed by atoms with Crippen molar-refractivity contribution in [2.45, 2.75) is 40.0 Å². The first kappa shape index (κ1) is 10.2. The van der Waals surface area contributed by atoms with E-state index in [1.165, 1.54) is 11.1 Å². The summed E-state index contributed by atoms with van der Waals surface area (Å²) in [6.07, 6.45) is 0. The largest absolute Gasteiger partial charge is 0.342 e. The first-order valence-electron chi connectivity index (χ1n) is 5.36. The summed E-state index contributed by atoms with van der Waals surface area (Å²) in [6.45, 7) is 10.8. The second-order valence-electron chi connectivity index (χ2n) is 5.24. The first-order valence-corrected chi connectivity index (χ1v) is 5.36. The van der Waals surface area contributed by atoms with Gasteiger partial charge in [0.05, 0.1) is 11.0 Å². The molecule has 80 valence electrons. The van der Waals surface area contributed by atoms with Gasteiger partial charge in [-0.25, -0.2) is 4.98 Å². The smallest absolute Gasteiger partial charge is 0.112 e. The second kappa shape index (κ2) is 3.09. The molecule has 1 aromatic heterocycles. The highest BCUT2D eigenvalue weighted by Gasteiger charge is 2.18. The summed E-state index contributed by atoms with van der Waals surface area (Å²) in [5, 5.41) is 0. The van der Waals surface area contributed by atoms with Crippen molar-refractivity contribution in [3.8, 4) is 0 Å². The normalized spacial score (nSPS) is 12.3. The Morgan fingerprint density at radius 2 is 1.80 bits per heavy atom. The average molecular weight is 202 g/mol. The molecule has 0 spiro atoms. The summed E-state index contributed by atoms with van der Waals surface area (Å²) in [4.78, 5) is 8.08. The van der Waals surface area contributed by atoms with E-state index in [1.54, 1.807) is 0 Å². The van der Waals surface area contributed by atoms with Gasteiger partial charge in [-0.1, -0.05) is 26.8 Å². The highest BCUT2D eigenvalue weighted by atomic mass is 14.9. The third kappa shape index (κ3) is 1.65. The van der Waals surface area contributed by atoms with Crippen LogP contribution in [0, 0.1) is 13.8 Å². The number of rotatable bonds is 0. The van der Waals surface area contributed by atoms with Crippen LogP contribution >= 0.6 is 0 Å². The number of fused-ring (bicyclic) bond motifs is 1. The molecular formula is C13H18N2. The van der Waals surface area contributed by atoms with Crippen molar-refractivity contribution < 1.29 is 0 Å². The van der Waals surface area contributed by atoms with Crippen molar-refractivity contribution in [3.63, 3.8) is 0 Å². The minimum Gasteiger partial charge on any atom is -0.342 e. The van der Waals surface area contributed by atoms with E-state index in [9.17, 15) is 0 Å². The standard InChI is InChI=1S/C13H18N2/c1-8-6-7-10-11(9(8)2)15-12(14-10)13(3,4)5/h6-7H,1-5H3,(H,14,15). The Hall–Kier alpha value is -1.31. The number of imidazole rings is 1. The van der Waals surface area contributed by atoms with E-state index < -0.39 is 0 Å². The van der Waals surface area contributed by atoms with E-state index in [-0.39, 0.29) is 5.41 Å². The lowest BCUT2D eigenvalue weighted by molar-refractivity contribution is 0.554. The Bertz CT molecular complexity index is 501. The fourth-order valence-electron chi connectivity index (χ4n) is 1.67. The maximum Gasteiger partial charge on any atom is 0.112 e. The lowest BCUT2D eigenvalue weighted by atomic mass is 9.96. The van der Waals surface area contributed by atoms with Gasteiger partial charge in [0, 0.05) is 5.41 Å². The number of hydrogen-bond acceptors (Lipinski definition) is 1. The SMILES string of the molecule is Cc1ccc2[nH]c(C(C)(C)C)nc2c1C. The fraction of sp³-hybridized carbons (Fsp3) is 0.462. The Morgan fingerprint density at radius 3 is 2.40 bits per heavy atom. The monoisotopic (exact) mass is 202 g/mol. The molecule has 15 heavy (non-hydrogen) atoms. The molecule has 0 unspecified atom stereocenters. The van der Waals surface area contributed by atoms with Crippen molar-refractivity contribution in [1.82, 2.24) is 9.97 Å².